The molecular weight excluding hydrogens is 312 g/mol. The molecule has 0 saturated carbocycles. The normalized spacial score (nSPS) is 9.88. The quantitative estimate of drug-likeness (QED) is 0.753. The number of hydrogen-bond donors (Lipinski definition) is 0. The van der Waals surface area contributed by atoms with Crippen LogP contribution >= 0.6 is 0 Å². The van der Waals surface area contributed by atoms with E-state index < -0.39 is 11.9 Å². The van der Waals surface area contributed by atoms with Crippen LogP contribution < -0.4 is 4.74 Å². The van der Waals surface area contributed by atoms with E-state index in [1.165, 1.54) is 25.1 Å². The first-order chi connectivity index (χ1) is 11.5. The number of para-hydroxylation sites is 1. The van der Waals surface area contributed by atoms with Crippen molar-refractivity contribution in [2.24, 2.45) is 0 Å². The molecule has 0 fully saturated rings. The summed E-state index contributed by atoms with van der Waals surface area (Å²) in [5.41, 5.74) is 0.415. The van der Waals surface area contributed by atoms with Crippen LogP contribution in [0.2, 0.25) is 0 Å². The molecule has 1 heterocycles. The van der Waals surface area contributed by atoms with E-state index in [4.69, 9.17) is 14.4 Å². The van der Waals surface area contributed by atoms with E-state index in [1.54, 1.807) is 30.3 Å². The molecule has 0 unspecified atom stereocenters. The van der Waals surface area contributed by atoms with Gasteiger partial charge in [0.2, 0.25) is 0 Å². The van der Waals surface area contributed by atoms with E-state index in [1.807, 2.05) is 6.07 Å². The van der Waals surface area contributed by atoms with Crippen LogP contribution in [0.5, 0.6) is 5.75 Å². The maximum Gasteiger partial charge on any atom is 0.325 e. The van der Waals surface area contributed by atoms with E-state index >= 15 is 0 Å². The third kappa shape index (κ3) is 4.14. The predicted molar refractivity (Wildman–Crippen MR) is 83.2 cm³/mol. The first kappa shape index (κ1) is 17.1. The highest BCUT2D eigenvalue weighted by Gasteiger charge is 2.18. The van der Waals surface area contributed by atoms with Gasteiger partial charge >= 0.3 is 5.97 Å². The Morgan fingerprint density at radius 3 is 2.71 bits per heavy atom. The van der Waals surface area contributed by atoms with Crippen molar-refractivity contribution in [3.63, 3.8) is 0 Å². The Morgan fingerprint density at radius 1 is 1.25 bits per heavy atom. The highest BCUT2D eigenvalue weighted by Crippen LogP contribution is 2.19. The van der Waals surface area contributed by atoms with Crippen molar-refractivity contribution >= 4 is 11.9 Å². The number of nitrogens with zero attached hydrogens (tertiary/aromatic N) is 2. The number of hydrogen-bond acceptors (Lipinski definition) is 6. The number of benzene rings is 1. The fourth-order valence-corrected chi connectivity index (χ4v) is 1.92. The molecule has 0 bridgehead atoms. The van der Waals surface area contributed by atoms with Crippen LogP contribution in [0.1, 0.15) is 21.9 Å². The molecule has 124 valence electrons. The number of amides is 1. The number of ether oxygens (including phenoxy) is 2. The van der Waals surface area contributed by atoms with Gasteiger partial charge in [0.25, 0.3) is 5.91 Å². The Bertz CT molecular complexity index is 775. The second-order valence-corrected chi connectivity index (χ2v) is 4.90. The van der Waals surface area contributed by atoms with Crippen LogP contribution in [0.15, 0.2) is 40.8 Å². The maximum absolute atomic E-state index is 12.1. The van der Waals surface area contributed by atoms with Crippen molar-refractivity contribution in [1.29, 1.82) is 5.26 Å². The van der Waals surface area contributed by atoms with Crippen molar-refractivity contribution in [2.75, 3.05) is 20.7 Å². The summed E-state index contributed by atoms with van der Waals surface area (Å²) < 4.78 is 15.5. The molecule has 7 heteroatoms. The van der Waals surface area contributed by atoms with E-state index in [0.717, 1.165) is 0 Å². The minimum Gasteiger partial charge on any atom is -0.484 e. The summed E-state index contributed by atoms with van der Waals surface area (Å²) >= 11 is 0. The number of likely N-dealkylation sites (N-methyl/N-ethyl adjacent to an activating group) is 1. The Hall–Kier alpha value is -3.27. The molecule has 0 radical (unpaired) electrons. The summed E-state index contributed by atoms with van der Waals surface area (Å²) in [7, 11) is 2.73. The van der Waals surface area contributed by atoms with Crippen molar-refractivity contribution in [1.82, 2.24) is 4.90 Å². The van der Waals surface area contributed by atoms with Gasteiger partial charge < -0.3 is 18.8 Å². The standard InChI is InChI=1S/C17H16N2O5/c1-19(10-16(20)22-2)17(21)15-8-7-13(24-15)11-23-14-6-4-3-5-12(14)9-18/h3-8H,10-11H2,1-2H3. The zero-order valence-electron chi connectivity index (χ0n) is 13.3. The van der Waals surface area contributed by atoms with Gasteiger partial charge in [-0.15, -0.1) is 0 Å². The zero-order chi connectivity index (χ0) is 17.5. The van der Waals surface area contributed by atoms with E-state index in [0.29, 0.717) is 17.1 Å². The third-order valence-electron chi connectivity index (χ3n) is 3.19. The summed E-state index contributed by atoms with van der Waals surface area (Å²) in [5.74, 6) is -0.00336. The molecule has 1 aromatic carbocycles. The van der Waals surface area contributed by atoms with Crippen LogP contribution in [-0.4, -0.2) is 37.5 Å². The van der Waals surface area contributed by atoms with E-state index in [2.05, 4.69) is 4.74 Å². The Labute approximate surface area is 139 Å². The van der Waals surface area contributed by atoms with Gasteiger partial charge in [-0.25, -0.2) is 0 Å². The lowest BCUT2D eigenvalue weighted by Crippen LogP contribution is -2.32. The molecule has 0 aliphatic heterocycles. The number of carbonyl (C=O) groups is 2. The largest absolute Gasteiger partial charge is 0.484 e. The van der Waals surface area contributed by atoms with Crippen LogP contribution in [0, 0.1) is 11.3 Å². The smallest absolute Gasteiger partial charge is 0.325 e. The highest BCUT2D eigenvalue weighted by atomic mass is 16.5. The van der Waals surface area contributed by atoms with Gasteiger partial charge in [0.15, 0.2) is 5.76 Å². The SMILES string of the molecule is COC(=O)CN(C)C(=O)c1ccc(COc2ccccc2C#N)o1. The third-order valence-corrected chi connectivity index (χ3v) is 3.19. The fraction of sp³-hybridized carbons (Fsp3) is 0.235. The maximum atomic E-state index is 12.1. The van der Waals surface area contributed by atoms with E-state index in [9.17, 15) is 9.59 Å². The molecule has 0 N–H and O–H groups in total. The summed E-state index contributed by atoms with van der Waals surface area (Å²) in [5, 5.41) is 9.00. The molecule has 0 atom stereocenters. The molecule has 2 aromatic rings. The van der Waals surface area contributed by atoms with Crippen LogP contribution in [0.25, 0.3) is 0 Å². The number of nitriles is 1. The van der Waals surface area contributed by atoms with Gasteiger partial charge in [0.1, 0.15) is 30.7 Å². The summed E-state index contributed by atoms with van der Waals surface area (Å²) in [4.78, 5) is 24.5. The average Bonchev–Trinajstić information content (AvgIpc) is 3.08. The monoisotopic (exact) mass is 328 g/mol. The number of rotatable bonds is 6. The molecule has 24 heavy (non-hydrogen) atoms. The molecule has 1 amide bonds. The molecule has 0 aliphatic rings. The molecule has 1 aromatic heterocycles. The minimum absolute atomic E-state index is 0.0761. The van der Waals surface area contributed by atoms with Gasteiger partial charge in [-0.1, -0.05) is 12.1 Å². The number of methoxy groups -OCH3 is 1. The van der Waals surface area contributed by atoms with Crippen molar-refractivity contribution in [3.8, 4) is 11.8 Å². The number of carbonyl (C=O) groups excluding carboxylic acids is 2. The predicted octanol–water partition coefficient (Wildman–Crippen LogP) is 1.98. The van der Waals surface area contributed by atoms with Gasteiger partial charge in [0, 0.05) is 7.05 Å². The molecule has 2 rings (SSSR count). The minimum atomic E-state index is -0.519. The zero-order valence-corrected chi connectivity index (χ0v) is 13.3. The first-order valence-electron chi connectivity index (χ1n) is 7.08. The second-order valence-electron chi connectivity index (χ2n) is 4.90. The van der Waals surface area contributed by atoms with Crippen molar-refractivity contribution < 1.29 is 23.5 Å². The summed E-state index contributed by atoms with van der Waals surface area (Å²) in [6.07, 6.45) is 0. The molecule has 0 aliphatic carbocycles. The van der Waals surface area contributed by atoms with Gasteiger partial charge in [-0.2, -0.15) is 5.26 Å². The first-order valence-corrected chi connectivity index (χ1v) is 7.08. The summed E-state index contributed by atoms with van der Waals surface area (Å²) in [6.45, 7) is -0.0932. The Balaban J connectivity index is 1.99. The second kappa shape index (κ2) is 7.83. The van der Waals surface area contributed by atoms with Crippen LogP contribution in [-0.2, 0) is 16.1 Å². The number of furan rings is 1. The molecule has 7 nitrogen and oxygen atoms in total. The van der Waals surface area contributed by atoms with Gasteiger partial charge in [-0.05, 0) is 24.3 Å². The average molecular weight is 328 g/mol. The Morgan fingerprint density at radius 2 is 2.00 bits per heavy atom. The topological polar surface area (TPSA) is 92.8 Å². The number of esters is 1. The molecular formula is C17H16N2O5. The van der Waals surface area contributed by atoms with Crippen LogP contribution in [0.3, 0.4) is 0 Å². The van der Waals surface area contributed by atoms with Gasteiger partial charge in [0.05, 0.1) is 12.7 Å². The lowest BCUT2D eigenvalue weighted by Gasteiger charge is -2.13. The lowest BCUT2D eigenvalue weighted by atomic mass is 10.2. The lowest BCUT2D eigenvalue weighted by molar-refractivity contribution is -0.141. The van der Waals surface area contributed by atoms with Gasteiger partial charge in [-0.3, -0.25) is 9.59 Å². The molecule has 0 saturated heterocycles. The molecule has 0 spiro atoms. The highest BCUT2D eigenvalue weighted by molar-refractivity contribution is 5.93. The fourth-order valence-electron chi connectivity index (χ4n) is 1.92. The Kier molecular flexibility index (Phi) is 5.58. The van der Waals surface area contributed by atoms with Crippen molar-refractivity contribution in [3.05, 3.63) is 53.5 Å². The van der Waals surface area contributed by atoms with E-state index in [-0.39, 0.29) is 18.9 Å². The van der Waals surface area contributed by atoms with Crippen LogP contribution in [0.4, 0.5) is 0 Å². The van der Waals surface area contributed by atoms with Crippen molar-refractivity contribution in [2.45, 2.75) is 6.61 Å². The summed E-state index contributed by atoms with van der Waals surface area (Å²) in [6, 6.07) is 12.0.